The normalized spacial score (nSPS) is 12.0. The van der Waals surface area contributed by atoms with Crippen LogP contribution in [0.2, 0.25) is 0 Å². The Bertz CT molecular complexity index is 495. The molecule has 0 aliphatic carbocycles. The molecule has 0 saturated heterocycles. The van der Waals surface area contributed by atoms with Crippen molar-refractivity contribution in [1.29, 1.82) is 0 Å². The highest BCUT2D eigenvalue weighted by Gasteiger charge is 2.12. The second-order valence-corrected chi connectivity index (χ2v) is 8.62. The molecule has 4 nitrogen and oxygen atoms in total. The largest absolute Gasteiger partial charge is 0.298 e. The van der Waals surface area contributed by atoms with E-state index in [-0.39, 0.29) is 18.1 Å². The van der Waals surface area contributed by atoms with Crippen molar-refractivity contribution in [2.75, 3.05) is 32.1 Å². The highest BCUT2D eigenvalue weighted by Crippen LogP contribution is 2.22. The lowest BCUT2D eigenvalue weighted by Gasteiger charge is -2.14. The van der Waals surface area contributed by atoms with Crippen LogP contribution < -0.4 is 0 Å². The van der Waals surface area contributed by atoms with Crippen molar-refractivity contribution in [1.82, 2.24) is 4.90 Å². The topological polar surface area (TPSA) is 54.5 Å². The van der Waals surface area contributed by atoms with Crippen LogP contribution in [-0.2, 0) is 9.84 Å². The predicted octanol–water partition coefficient (Wildman–Crippen LogP) is 1.67. The lowest BCUT2D eigenvalue weighted by Crippen LogP contribution is -2.30. The number of ketones is 1. The number of nitrogens with zero attached hydrogens (tertiary/aromatic N) is 1. The van der Waals surface area contributed by atoms with E-state index in [2.05, 4.69) is 15.9 Å². The Labute approximate surface area is 114 Å². The molecule has 0 N–H and O–H groups in total. The molecule has 0 saturated carbocycles. The van der Waals surface area contributed by atoms with Gasteiger partial charge in [0.1, 0.15) is 9.84 Å². The summed E-state index contributed by atoms with van der Waals surface area (Å²) in [5.41, 5.74) is 0. The van der Waals surface area contributed by atoms with Crippen molar-refractivity contribution < 1.29 is 13.2 Å². The second kappa shape index (κ2) is 6.08. The first-order valence-electron chi connectivity index (χ1n) is 4.93. The first kappa shape index (κ1) is 14.8. The number of carbonyl (C=O) groups is 1. The zero-order valence-electron chi connectivity index (χ0n) is 9.64. The predicted molar refractivity (Wildman–Crippen MR) is 73.6 cm³/mol. The summed E-state index contributed by atoms with van der Waals surface area (Å²) >= 11 is 4.68. The van der Waals surface area contributed by atoms with Crippen molar-refractivity contribution >= 4 is 42.9 Å². The SMILES string of the molecule is CN(CCS(C)(=O)=O)CC(=O)c1ccc(Br)s1. The molecular formula is C10H14BrNO3S2. The number of halogens is 1. The molecule has 1 heterocycles. The fourth-order valence-electron chi connectivity index (χ4n) is 1.19. The molecule has 0 aliphatic rings. The fourth-order valence-corrected chi connectivity index (χ4v) is 3.15. The molecule has 0 spiro atoms. The molecule has 0 radical (unpaired) electrons. The minimum atomic E-state index is -2.97. The summed E-state index contributed by atoms with van der Waals surface area (Å²) in [6.45, 7) is 0.611. The van der Waals surface area contributed by atoms with E-state index in [1.165, 1.54) is 17.6 Å². The van der Waals surface area contributed by atoms with E-state index >= 15 is 0 Å². The Morgan fingerprint density at radius 3 is 2.59 bits per heavy atom. The van der Waals surface area contributed by atoms with Gasteiger partial charge in [0.2, 0.25) is 0 Å². The van der Waals surface area contributed by atoms with E-state index in [9.17, 15) is 13.2 Å². The summed E-state index contributed by atoms with van der Waals surface area (Å²) in [5.74, 6) is 0.0852. The molecule has 7 heteroatoms. The standard InChI is InChI=1S/C10H14BrNO3S2/c1-12(5-6-17(2,14)15)7-8(13)9-3-4-10(11)16-9/h3-4H,5-7H2,1-2H3. The molecule has 0 aliphatic heterocycles. The van der Waals surface area contributed by atoms with E-state index in [1.807, 2.05) is 6.07 Å². The van der Waals surface area contributed by atoms with Crippen molar-refractivity contribution in [2.24, 2.45) is 0 Å². The zero-order chi connectivity index (χ0) is 13.1. The van der Waals surface area contributed by atoms with Crippen molar-refractivity contribution in [3.05, 3.63) is 20.8 Å². The van der Waals surface area contributed by atoms with Gasteiger partial charge in [0, 0.05) is 12.8 Å². The van der Waals surface area contributed by atoms with Crippen LogP contribution in [0.4, 0.5) is 0 Å². The van der Waals surface area contributed by atoms with Gasteiger partial charge in [-0.2, -0.15) is 0 Å². The minimum Gasteiger partial charge on any atom is -0.298 e. The van der Waals surface area contributed by atoms with Crippen LogP contribution in [-0.4, -0.2) is 51.2 Å². The summed E-state index contributed by atoms with van der Waals surface area (Å²) in [6.07, 6.45) is 1.19. The van der Waals surface area contributed by atoms with E-state index < -0.39 is 9.84 Å². The van der Waals surface area contributed by atoms with Crippen molar-refractivity contribution in [3.8, 4) is 0 Å². The molecule has 0 aromatic carbocycles. The molecule has 96 valence electrons. The maximum Gasteiger partial charge on any atom is 0.186 e. The minimum absolute atomic E-state index is 0.0108. The highest BCUT2D eigenvalue weighted by atomic mass is 79.9. The van der Waals surface area contributed by atoms with Gasteiger partial charge in [-0.05, 0) is 35.1 Å². The van der Waals surface area contributed by atoms with E-state index in [1.54, 1.807) is 18.0 Å². The third-order valence-electron chi connectivity index (χ3n) is 2.11. The Hall–Kier alpha value is -0.240. The van der Waals surface area contributed by atoms with Gasteiger partial charge in [0.05, 0.1) is 21.0 Å². The maximum atomic E-state index is 11.8. The average Bonchev–Trinajstić information content (AvgIpc) is 2.61. The first-order chi connectivity index (χ1) is 7.78. The molecule has 0 bridgehead atoms. The molecule has 17 heavy (non-hydrogen) atoms. The Morgan fingerprint density at radius 2 is 2.12 bits per heavy atom. The fraction of sp³-hybridized carbons (Fsp3) is 0.500. The Kier molecular flexibility index (Phi) is 5.30. The second-order valence-electron chi connectivity index (χ2n) is 3.89. The number of sulfone groups is 1. The lowest BCUT2D eigenvalue weighted by atomic mass is 10.3. The Morgan fingerprint density at radius 1 is 1.47 bits per heavy atom. The average molecular weight is 340 g/mol. The summed E-state index contributed by atoms with van der Waals surface area (Å²) in [7, 11) is -1.23. The summed E-state index contributed by atoms with van der Waals surface area (Å²) in [5, 5.41) is 0. The number of likely N-dealkylation sites (N-methyl/N-ethyl adjacent to an activating group) is 1. The van der Waals surface area contributed by atoms with Crippen LogP contribution >= 0.6 is 27.3 Å². The van der Waals surface area contributed by atoms with E-state index in [4.69, 9.17) is 0 Å². The third-order valence-corrected chi connectivity index (χ3v) is 4.69. The van der Waals surface area contributed by atoms with Crippen molar-refractivity contribution in [3.63, 3.8) is 0 Å². The van der Waals surface area contributed by atoms with E-state index in [0.717, 1.165) is 3.79 Å². The van der Waals surface area contributed by atoms with Gasteiger partial charge in [0.15, 0.2) is 5.78 Å². The number of Topliss-reactive ketones (excluding diaryl/α,β-unsaturated/α-hetero) is 1. The number of hydrogen-bond donors (Lipinski definition) is 0. The maximum absolute atomic E-state index is 11.8. The third kappa shape index (κ3) is 5.76. The van der Waals surface area contributed by atoms with Gasteiger partial charge >= 0.3 is 0 Å². The van der Waals surface area contributed by atoms with Gasteiger partial charge in [-0.3, -0.25) is 9.69 Å². The molecule has 0 atom stereocenters. The number of carbonyl (C=O) groups excluding carboxylic acids is 1. The smallest absolute Gasteiger partial charge is 0.186 e. The summed E-state index contributed by atoms with van der Waals surface area (Å²) < 4.78 is 22.9. The first-order valence-corrected chi connectivity index (χ1v) is 8.60. The molecule has 1 aromatic heterocycles. The van der Waals surface area contributed by atoms with Gasteiger partial charge in [-0.25, -0.2) is 8.42 Å². The van der Waals surface area contributed by atoms with Crippen LogP contribution in [0.25, 0.3) is 0 Å². The van der Waals surface area contributed by atoms with Crippen LogP contribution in [0.3, 0.4) is 0 Å². The summed E-state index contributed by atoms with van der Waals surface area (Å²) in [4.78, 5) is 14.2. The lowest BCUT2D eigenvalue weighted by molar-refractivity contribution is 0.0953. The van der Waals surface area contributed by atoms with Crippen LogP contribution in [0.5, 0.6) is 0 Å². The van der Waals surface area contributed by atoms with Crippen LogP contribution in [0.15, 0.2) is 15.9 Å². The summed E-state index contributed by atoms with van der Waals surface area (Å²) in [6, 6.07) is 3.59. The number of hydrogen-bond acceptors (Lipinski definition) is 5. The molecular weight excluding hydrogens is 326 g/mol. The molecule has 0 unspecified atom stereocenters. The monoisotopic (exact) mass is 339 g/mol. The van der Waals surface area contributed by atoms with Gasteiger partial charge in [0.25, 0.3) is 0 Å². The number of rotatable bonds is 6. The van der Waals surface area contributed by atoms with Gasteiger partial charge < -0.3 is 0 Å². The highest BCUT2D eigenvalue weighted by molar-refractivity contribution is 9.11. The molecule has 0 fully saturated rings. The quantitative estimate of drug-likeness (QED) is 0.740. The van der Waals surface area contributed by atoms with Crippen LogP contribution in [0, 0.1) is 0 Å². The van der Waals surface area contributed by atoms with Crippen molar-refractivity contribution in [2.45, 2.75) is 0 Å². The van der Waals surface area contributed by atoms with E-state index in [0.29, 0.717) is 11.4 Å². The van der Waals surface area contributed by atoms with Gasteiger partial charge in [-0.1, -0.05) is 0 Å². The molecule has 1 rings (SSSR count). The van der Waals surface area contributed by atoms with Crippen LogP contribution in [0.1, 0.15) is 9.67 Å². The zero-order valence-corrected chi connectivity index (χ0v) is 12.9. The number of thiophene rings is 1. The Balaban J connectivity index is 2.46. The molecule has 0 amide bonds. The molecule has 1 aromatic rings. The van der Waals surface area contributed by atoms with Gasteiger partial charge in [-0.15, -0.1) is 11.3 Å².